The summed E-state index contributed by atoms with van der Waals surface area (Å²) in [4.78, 5) is 13.0. The Hall–Kier alpha value is -0.580. The predicted molar refractivity (Wildman–Crippen MR) is 87.0 cm³/mol. The fourth-order valence-electron chi connectivity index (χ4n) is 7.64. The Kier molecular flexibility index (Phi) is 2.55. The van der Waals surface area contributed by atoms with Gasteiger partial charge in [-0.3, -0.25) is 4.79 Å². The van der Waals surface area contributed by atoms with Gasteiger partial charge in [0.1, 0.15) is 0 Å². The predicted octanol–water partition coefficient (Wildman–Crippen LogP) is 2.93. The summed E-state index contributed by atoms with van der Waals surface area (Å²) < 4.78 is 27.2. The van der Waals surface area contributed by atoms with E-state index in [0.29, 0.717) is 5.92 Å². The first-order chi connectivity index (χ1) is 10.8. The second-order valence-corrected chi connectivity index (χ2v) is 11.2. The fourth-order valence-corrected chi connectivity index (χ4v) is 10.1. The zero-order valence-corrected chi connectivity index (χ0v) is 15.0. The number of carbonyl (C=O) groups is 1. The van der Waals surface area contributed by atoms with Crippen molar-refractivity contribution in [2.24, 2.45) is 28.1 Å². The van der Waals surface area contributed by atoms with Crippen LogP contribution in [-0.2, 0) is 14.8 Å². The highest BCUT2D eigenvalue weighted by Crippen LogP contribution is 2.92. The normalized spacial score (nSPS) is 49.0. The maximum Gasteiger partial charge on any atom is 0.239 e. The second kappa shape index (κ2) is 3.97. The molecule has 4 aliphatic carbocycles. The van der Waals surface area contributed by atoms with Gasteiger partial charge in [-0.25, -0.2) is 12.7 Å². The molecule has 0 aromatic carbocycles. The number of hydrogen-bond acceptors (Lipinski definition) is 3. The topological polar surface area (TPSA) is 54.5 Å². The summed E-state index contributed by atoms with van der Waals surface area (Å²) in [7, 11) is -3.41. The minimum atomic E-state index is -3.41. The van der Waals surface area contributed by atoms with Crippen LogP contribution in [0.15, 0.2) is 0 Å². The maximum atomic E-state index is 13.0. The molecular formula is C18H27NO3S. The van der Waals surface area contributed by atoms with Crippen molar-refractivity contribution < 1.29 is 13.2 Å². The van der Waals surface area contributed by atoms with Crippen molar-refractivity contribution in [3.8, 4) is 0 Å². The largest absolute Gasteiger partial charge is 0.273 e. The van der Waals surface area contributed by atoms with Crippen LogP contribution >= 0.6 is 0 Å². The van der Waals surface area contributed by atoms with Crippen molar-refractivity contribution in [2.45, 2.75) is 71.3 Å². The molecule has 0 aromatic heterocycles. The average molecular weight is 337 g/mol. The molecule has 23 heavy (non-hydrogen) atoms. The first-order valence-corrected chi connectivity index (χ1v) is 10.9. The van der Waals surface area contributed by atoms with E-state index in [4.69, 9.17) is 0 Å². The minimum absolute atomic E-state index is 0.0197. The molecule has 128 valence electrons. The van der Waals surface area contributed by atoms with E-state index in [2.05, 4.69) is 13.8 Å². The Balaban J connectivity index is 1.50. The first-order valence-electron chi connectivity index (χ1n) is 9.34. The molecule has 4 nitrogen and oxygen atoms in total. The lowest BCUT2D eigenvalue weighted by Gasteiger charge is -2.54. The van der Waals surface area contributed by atoms with Gasteiger partial charge in [-0.15, -0.1) is 0 Å². The SMILES string of the molecule is CC1(C)C2CCC34CS(=O)(=O)N(C(=O)C5CCCCC5)C3CC214. The zero-order valence-electron chi connectivity index (χ0n) is 14.2. The Morgan fingerprint density at radius 2 is 1.78 bits per heavy atom. The van der Waals surface area contributed by atoms with Crippen LogP contribution in [0.3, 0.4) is 0 Å². The molecule has 1 amide bonds. The summed E-state index contributed by atoms with van der Waals surface area (Å²) in [6, 6.07) is -0.0197. The molecule has 0 aromatic rings. The Morgan fingerprint density at radius 3 is 2.43 bits per heavy atom. The van der Waals surface area contributed by atoms with Gasteiger partial charge in [0.05, 0.1) is 11.8 Å². The highest BCUT2D eigenvalue weighted by molar-refractivity contribution is 7.90. The van der Waals surface area contributed by atoms with Crippen molar-refractivity contribution in [3.05, 3.63) is 0 Å². The molecule has 4 saturated carbocycles. The number of hydrogen-bond donors (Lipinski definition) is 0. The molecule has 1 saturated heterocycles. The van der Waals surface area contributed by atoms with Crippen molar-refractivity contribution in [3.63, 3.8) is 0 Å². The summed E-state index contributed by atoms with van der Waals surface area (Å²) >= 11 is 0. The Bertz CT molecular complexity index is 693. The van der Waals surface area contributed by atoms with Crippen molar-refractivity contribution in [2.75, 3.05) is 5.75 Å². The third-order valence-electron chi connectivity index (χ3n) is 8.65. The quantitative estimate of drug-likeness (QED) is 0.739. The molecular weight excluding hydrogens is 310 g/mol. The molecule has 5 aliphatic rings. The van der Waals surface area contributed by atoms with Crippen LogP contribution in [0, 0.1) is 28.1 Å². The molecule has 0 radical (unpaired) electrons. The lowest BCUT2D eigenvalue weighted by molar-refractivity contribution is -0.141. The van der Waals surface area contributed by atoms with Gasteiger partial charge in [-0.05, 0) is 48.9 Å². The molecule has 4 unspecified atom stereocenters. The average Bonchev–Trinajstić information content (AvgIpc) is 2.79. The Morgan fingerprint density at radius 1 is 1.09 bits per heavy atom. The maximum absolute atomic E-state index is 13.0. The number of rotatable bonds is 1. The van der Waals surface area contributed by atoms with Crippen LogP contribution < -0.4 is 0 Å². The summed E-state index contributed by atoms with van der Waals surface area (Å²) in [5.74, 6) is 0.812. The lowest BCUT2D eigenvalue weighted by atomic mass is 9.52. The molecule has 1 heterocycles. The van der Waals surface area contributed by atoms with Gasteiger partial charge < -0.3 is 0 Å². The van der Waals surface area contributed by atoms with Crippen molar-refractivity contribution in [1.82, 2.24) is 4.31 Å². The van der Waals surface area contributed by atoms with E-state index in [1.807, 2.05) is 0 Å². The monoisotopic (exact) mass is 337 g/mol. The van der Waals surface area contributed by atoms with E-state index in [0.717, 1.165) is 44.9 Å². The van der Waals surface area contributed by atoms with Gasteiger partial charge in [0.25, 0.3) is 0 Å². The van der Waals surface area contributed by atoms with Crippen molar-refractivity contribution >= 4 is 15.9 Å². The van der Waals surface area contributed by atoms with Gasteiger partial charge in [0.2, 0.25) is 15.9 Å². The summed E-state index contributed by atoms with van der Waals surface area (Å²) in [5, 5.41) is 0. The highest BCUT2D eigenvalue weighted by Gasteiger charge is 2.91. The van der Waals surface area contributed by atoms with Crippen LogP contribution in [0.25, 0.3) is 0 Å². The van der Waals surface area contributed by atoms with E-state index in [1.165, 1.54) is 10.7 Å². The zero-order chi connectivity index (χ0) is 16.3. The van der Waals surface area contributed by atoms with E-state index >= 15 is 0 Å². The highest BCUT2D eigenvalue weighted by atomic mass is 32.2. The molecule has 2 spiro atoms. The van der Waals surface area contributed by atoms with Crippen LogP contribution in [-0.4, -0.2) is 30.4 Å². The molecule has 5 rings (SSSR count). The van der Waals surface area contributed by atoms with E-state index in [1.54, 1.807) is 0 Å². The second-order valence-electron chi connectivity index (χ2n) is 9.39. The first kappa shape index (κ1) is 14.7. The van der Waals surface area contributed by atoms with E-state index in [9.17, 15) is 13.2 Å². The van der Waals surface area contributed by atoms with E-state index in [-0.39, 0.29) is 39.9 Å². The van der Waals surface area contributed by atoms with Gasteiger partial charge in [-0.1, -0.05) is 33.1 Å². The Labute approximate surface area is 139 Å². The summed E-state index contributed by atoms with van der Waals surface area (Å²) in [6.45, 7) is 4.63. The van der Waals surface area contributed by atoms with Gasteiger partial charge >= 0.3 is 0 Å². The lowest BCUT2D eigenvalue weighted by Crippen LogP contribution is -2.59. The number of sulfonamides is 1. The van der Waals surface area contributed by atoms with Gasteiger partial charge in [0.15, 0.2) is 0 Å². The van der Waals surface area contributed by atoms with Gasteiger partial charge in [-0.2, -0.15) is 0 Å². The minimum Gasteiger partial charge on any atom is -0.273 e. The van der Waals surface area contributed by atoms with Crippen LogP contribution in [0.2, 0.25) is 0 Å². The van der Waals surface area contributed by atoms with Crippen LogP contribution in [0.4, 0.5) is 0 Å². The molecule has 0 bridgehead atoms. The molecule has 1 aliphatic heterocycles. The number of nitrogens with zero attached hydrogens (tertiary/aromatic N) is 1. The van der Waals surface area contributed by atoms with Gasteiger partial charge in [0, 0.05) is 11.3 Å². The third kappa shape index (κ3) is 1.38. The van der Waals surface area contributed by atoms with Crippen LogP contribution in [0.1, 0.15) is 65.2 Å². The number of amides is 1. The molecule has 5 heteroatoms. The number of carbonyl (C=O) groups excluding carboxylic acids is 1. The molecule has 4 atom stereocenters. The smallest absolute Gasteiger partial charge is 0.239 e. The van der Waals surface area contributed by atoms with E-state index < -0.39 is 10.0 Å². The summed E-state index contributed by atoms with van der Waals surface area (Å²) in [6.07, 6.45) is 8.18. The molecule has 5 fully saturated rings. The van der Waals surface area contributed by atoms with Crippen LogP contribution in [0.5, 0.6) is 0 Å². The van der Waals surface area contributed by atoms with Crippen molar-refractivity contribution in [1.29, 1.82) is 0 Å². The fraction of sp³-hybridized carbons (Fsp3) is 0.944. The third-order valence-corrected chi connectivity index (χ3v) is 10.6. The summed E-state index contributed by atoms with van der Waals surface area (Å²) in [5.41, 5.74) is 0.394. The molecule has 0 N–H and O–H groups in total. The standard InChI is InChI=1S/C18H27NO3S/c1-16(2)13-8-9-17-11-23(21,22)19(14(17)10-18(13,16)17)15(20)12-6-4-3-5-7-12/h12-14H,3-11H2,1-2H3.